The topological polar surface area (TPSA) is 196 Å². The van der Waals surface area contributed by atoms with Crippen LogP contribution in [0.3, 0.4) is 0 Å². The molecule has 2 heterocycles. The molecule has 2 aliphatic heterocycles. The second-order valence-electron chi connectivity index (χ2n) is 13.8. The van der Waals surface area contributed by atoms with E-state index in [1.54, 1.807) is 91.2 Å². The third-order valence-electron chi connectivity index (χ3n) is 9.36. The van der Waals surface area contributed by atoms with Crippen LogP contribution in [-0.4, -0.2) is 68.2 Å². The van der Waals surface area contributed by atoms with Crippen molar-refractivity contribution in [3.8, 4) is 17.8 Å². The summed E-state index contributed by atoms with van der Waals surface area (Å²) in [6, 6.07) is 24.9. The minimum absolute atomic E-state index is 0.0271. The predicted octanol–water partition coefficient (Wildman–Crippen LogP) is 6.04. The summed E-state index contributed by atoms with van der Waals surface area (Å²) in [4.78, 5) is 47.7. The largest absolute Gasteiger partial charge is 0.493 e. The van der Waals surface area contributed by atoms with Crippen LogP contribution in [0.15, 0.2) is 97.1 Å². The number of nitrogens with zero attached hydrogens (tertiary/aromatic N) is 1. The average molecular weight is 825 g/mol. The molecule has 2 saturated heterocycles. The fraction of sp³-hybridized carbons (Fsp3) is 0.326. The lowest BCUT2D eigenvalue weighted by molar-refractivity contribution is -0.139. The zero-order valence-electron chi connectivity index (χ0n) is 33.2. The standard InChI is InChI=1S/C20H17BFNO5.C19H22BFN2O4.C4H8O/c22-18-4-2-1-3-15(18)11-26-16-7-5-14(6-8-16)19(24)10-9-17-20(25)27-12-21(17)28-13-23;1-20(26)23-17(19(22)25)10-11-18(24)13-6-8-15(9-7-13)27-12-14-4-2-3-5-16(14)21;1-2-4-5-3-1/h1-8,17H,9-12H2;2-9,17,23,26H,10-12H2,1H3,(H2,22,25);1-4H2/t;17-;/m.0./s1. The number of ether oxygens (including phenoxy) is 4. The second kappa shape index (κ2) is 24.7. The van der Waals surface area contributed by atoms with Gasteiger partial charge >= 0.3 is 19.9 Å². The van der Waals surface area contributed by atoms with Gasteiger partial charge < -0.3 is 39.6 Å². The number of carbonyl (C=O) groups is 4. The number of Topliss-reactive ketones (excluding diaryl/α,β-unsaturated/α-hetero) is 2. The molecule has 0 bridgehead atoms. The molecule has 0 saturated carbocycles. The maximum absolute atomic E-state index is 13.6. The molecule has 0 aromatic heterocycles. The number of rotatable bonds is 18. The summed E-state index contributed by atoms with van der Waals surface area (Å²) in [6.07, 6.45) is 4.77. The molecular formula is C43H47B2F2N3O10. The highest BCUT2D eigenvalue weighted by molar-refractivity contribution is 6.60. The highest BCUT2D eigenvalue weighted by Crippen LogP contribution is 2.27. The van der Waals surface area contributed by atoms with Crippen molar-refractivity contribution in [1.29, 1.82) is 5.26 Å². The van der Waals surface area contributed by atoms with E-state index in [0.29, 0.717) is 33.8 Å². The van der Waals surface area contributed by atoms with Crippen molar-refractivity contribution in [2.45, 2.75) is 70.4 Å². The van der Waals surface area contributed by atoms with Crippen molar-refractivity contribution >= 4 is 37.4 Å². The first-order chi connectivity index (χ1) is 28.9. The van der Waals surface area contributed by atoms with Gasteiger partial charge in [0.05, 0.1) is 11.9 Å². The first-order valence-corrected chi connectivity index (χ1v) is 19.5. The minimum atomic E-state index is -0.900. The molecule has 2 atom stereocenters. The van der Waals surface area contributed by atoms with Crippen LogP contribution in [0.5, 0.6) is 11.5 Å². The summed E-state index contributed by atoms with van der Waals surface area (Å²) in [6.45, 7) is 3.03. The zero-order valence-corrected chi connectivity index (χ0v) is 33.2. The van der Waals surface area contributed by atoms with Gasteiger partial charge in [0.25, 0.3) is 6.26 Å². The zero-order chi connectivity index (χ0) is 43.3. The number of benzene rings is 4. The van der Waals surface area contributed by atoms with E-state index in [4.69, 9.17) is 34.6 Å². The summed E-state index contributed by atoms with van der Waals surface area (Å²) in [5, 5.41) is 20.5. The number of nitriles is 1. The molecule has 60 heavy (non-hydrogen) atoms. The number of nitrogens with one attached hydrogen (secondary N) is 1. The summed E-state index contributed by atoms with van der Waals surface area (Å²) in [5.41, 5.74) is 7.09. The van der Waals surface area contributed by atoms with Gasteiger partial charge in [-0.2, -0.15) is 5.26 Å². The quantitative estimate of drug-likeness (QED) is 0.0456. The van der Waals surface area contributed by atoms with E-state index in [1.165, 1.54) is 31.8 Å². The average Bonchev–Trinajstić information content (AvgIpc) is 3.95. The molecule has 6 rings (SSSR count). The fourth-order valence-corrected chi connectivity index (χ4v) is 6.01. The van der Waals surface area contributed by atoms with Gasteiger partial charge in [-0.1, -0.05) is 36.4 Å². The number of amides is 1. The normalized spacial score (nSPS) is 14.6. The Morgan fingerprint density at radius 2 is 1.37 bits per heavy atom. The van der Waals surface area contributed by atoms with Gasteiger partial charge in [-0.05, 0) is 93.2 Å². The Bertz CT molecular complexity index is 2040. The minimum Gasteiger partial charge on any atom is -0.493 e. The van der Waals surface area contributed by atoms with Gasteiger partial charge in [0.15, 0.2) is 11.6 Å². The third kappa shape index (κ3) is 15.6. The smallest absolute Gasteiger partial charge is 0.425 e. The molecule has 1 unspecified atom stereocenters. The predicted molar refractivity (Wildman–Crippen MR) is 219 cm³/mol. The Hall–Kier alpha value is -6.08. The van der Waals surface area contributed by atoms with Crippen LogP contribution in [0.25, 0.3) is 0 Å². The molecule has 0 radical (unpaired) electrons. The third-order valence-corrected chi connectivity index (χ3v) is 9.36. The maximum atomic E-state index is 13.6. The van der Waals surface area contributed by atoms with Crippen LogP contribution in [0.4, 0.5) is 8.78 Å². The monoisotopic (exact) mass is 825 g/mol. The number of primary amides is 1. The number of hydrogen-bond donors (Lipinski definition) is 3. The number of hydrogen-bond acceptors (Lipinski definition) is 12. The van der Waals surface area contributed by atoms with Crippen LogP contribution in [-0.2, 0) is 36.9 Å². The number of cyclic esters (lactones) is 1. The summed E-state index contributed by atoms with van der Waals surface area (Å²) in [7, 11) is -0.900. The molecule has 0 aliphatic carbocycles. The molecule has 4 aromatic carbocycles. The molecular weight excluding hydrogens is 778 g/mol. The number of carbonyl (C=O) groups excluding carboxylic acids is 4. The number of esters is 1. The first kappa shape index (κ1) is 46.6. The Labute approximate surface area is 348 Å². The molecule has 2 aliphatic rings. The number of ketones is 2. The van der Waals surface area contributed by atoms with Crippen LogP contribution in [0.2, 0.25) is 12.6 Å². The maximum Gasteiger partial charge on any atom is 0.425 e. The molecule has 314 valence electrons. The van der Waals surface area contributed by atoms with E-state index < -0.39 is 37.7 Å². The van der Waals surface area contributed by atoms with Gasteiger partial charge in [-0.15, -0.1) is 0 Å². The molecule has 1 amide bonds. The van der Waals surface area contributed by atoms with E-state index >= 15 is 0 Å². The van der Waals surface area contributed by atoms with Gasteiger partial charge in [0.1, 0.15) is 42.9 Å². The van der Waals surface area contributed by atoms with Gasteiger partial charge in [0, 0.05) is 48.3 Å². The van der Waals surface area contributed by atoms with Gasteiger partial charge in [-0.3, -0.25) is 19.2 Å². The van der Waals surface area contributed by atoms with E-state index in [-0.39, 0.29) is 68.6 Å². The summed E-state index contributed by atoms with van der Waals surface area (Å²) >= 11 is 0. The van der Waals surface area contributed by atoms with Crippen LogP contribution in [0.1, 0.15) is 70.4 Å². The van der Waals surface area contributed by atoms with E-state index in [2.05, 4.69) is 5.23 Å². The van der Waals surface area contributed by atoms with E-state index in [0.717, 1.165) is 13.2 Å². The Morgan fingerprint density at radius 3 is 1.80 bits per heavy atom. The van der Waals surface area contributed by atoms with Crippen LogP contribution in [0, 0.1) is 23.2 Å². The van der Waals surface area contributed by atoms with E-state index in [1.807, 2.05) is 0 Å². The highest BCUT2D eigenvalue weighted by Gasteiger charge is 2.44. The molecule has 2 fully saturated rings. The number of nitrogens with two attached hydrogens (primary N) is 1. The van der Waals surface area contributed by atoms with Gasteiger partial charge in [-0.25, -0.2) is 8.78 Å². The number of halogens is 2. The fourth-order valence-electron chi connectivity index (χ4n) is 6.01. The molecule has 13 nitrogen and oxygen atoms in total. The van der Waals surface area contributed by atoms with Crippen molar-refractivity contribution in [1.82, 2.24) is 5.23 Å². The molecule has 0 spiro atoms. The van der Waals surface area contributed by atoms with Crippen molar-refractivity contribution in [3.05, 3.63) is 131 Å². The van der Waals surface area contributed by atoms with Crippen LogP contribution < -0.4 is 20.4 Å². The van der Waals surface area contributed by atoms with Gasteiger partial charge in [0.2, 0.25) is 5.91 Å². The summed E-state index contributed by atoms with van der Waals surface area (Å²) < 4.78 is 52.9. The lowest BCUT2D eigenvalue weighted by atomic mass is 9.57. The second-order valence-corrected chi connectivity index (χ2v) is 13.8. The Morgan fingerprint density at radius 1 is 0.867 bits per heavy atom. The summed E-state index contributed by atoms with van der Waals surface area (Å²) in [5.74, 6) is -1.64. The van der Waals surface area contributed by atoms with Crippen molar-refractivity contribution < 1.29 is 56.6 Å². The van der Waals surface area contributed by atoms with Crippen LogP contribution >= 0.6 is 0 Å². The Balaban J connectivity index is 0.000000236. The van der Waals surface area contributed by atoms with Crippen molar-refractivity contribution in [2.24, 2.45) is 5.73 Å². The van der Waals surface area contributed by atoms with Crippen molar-refractivity contribution in [3.63, 3.8) is 0 Å². The highest BCUT2D eigenvalue weighted by atomic mass is 19.1. The molecule has 4 aromatic rings. The lowest BCUT2D eigenvalue weighted by Gasteiger charge is -2.15. The SMILES string of the molecule is C1CCOC1.CB(O)N[C@@H](CCC(=O)c1ccc(OCc2ccccc2F)cc1)C(N)=O.N#COB1COC(=O)C1CCC(=O)c1ccc(OCc2ccccc2F)cc1. The molecule has 4 N–H and O–H groups in total. The van der Waals surface area contributed by atoms with Crippen molar-refractivity contribution in [2.75, 3.05) is 19.7 Å². The lowest BCUT2D eigenvalue weighted by Crippen LogP contribution is -2.47. The first-order valence-electron chi connectivity index (χ1n) is 19.5. The Kier molecular flexibility index (Phi) is 19.2. The molecule has 17 heteroatoms. The van der Waals surface area contributed by atoms with E-state index in [9.17, 15) is 33.0 Å².